The van der Waals surface area contributed by atoms with Crippen LogP contribution < -0.4 is 10.5 Å². The molecule has 0 bridgehead atoms. The predicted molar refractivity (Wildman–Crippen MR) is 75.0 cm³/mol. The van der Waals surface area contributed by atoms with Gasteiger partial charge in [-0.05, 0) is 24.6 Å². The monoisotopic (exact) mass is 301 g/mol. The summed E-state index contributed by atoms with van der Waals surface area (Å²) in [6.07, 6.45) is 3.42. The molecule has 88 valence electrons. The van der Waals surface area contributed by atoms with Crippen molar-refractivity contribution in [2.24, 2.45) is 5.73 Å². The molecule has 0 aliphatic heterocycles. The number of thiocarbonyl (C=S) groups is 1. The highest BCUT2D eigenvalue weighted by Gasteiger charge is 2.06. The Balaban J connectivity index is 2.67. The van der Waals surface area contributed by atoms with E-state index >= 15 is 0 Å². The van der Waals surface area contributed by atoms with Crippen molar-refractivity contribution >= 4 is 33.1 Å². The van der Waals surface area contributed by atoms with E-state index in [4.69, 9.17) is 22.7 Å². The fraction of sp³-hybridized carbons (Fsp3) is 0.417. The van der Waals surface area contributed by atoms with E-state index in [0.29, 0.717) is 11.6 Å². The van der Waals surface area contributed by atoms with Gasteiger partial charge in [-0.15, -0.1) is 0 Å². The highest BCUT2D eigenvalue weighted by atomic mass is 79.9. The minimum absolute atomic E-state index is 0.367. The molecule has 0 fully saturated rings. The van der Waals surface area contributed by atoms with Crippen LogP contribution in [-0.2, 0) is 0 Å². The third-order valence-electron chi connectivity index (χ3n) is 2.21. The molecule has 1 aromatic carbocycles. The Bertz CT molecular complexity index is 368. The summed E-state index contributed by atoms with van der Waals surface area (Å²) >= 11 is 8.37. The average Bonchev–Trinajstić information content (AvgIpc) is 2.26. The topological polar surface area (TPSA) is 35.2 Å². The van der Waals surface area contributed by atoms with Crippen LogP contribution in [0.1, 0.15) is 31.7 Å². The second kappa shape index (κ2) is 6.86. The zero-order valence-electron chi connectivity index (χ0n) is 9.33. The van der Waals surface area contributed by atoms with Crippen LogP contribution in [0.5, 0.6) is 5.75 Å². The van der Waals surface area contributed by atoms with Crippen LogP contribution in [0.15, 0.2) is 22.7 Å². The number of nitrogens with two attached hydrogens (primary N) is 1. The summed E-state index contributed by atoms with van der Waals surface area (Å²) in [5.74, 6) is 0.770. The number of hydrogen-bond donors (Lipinski definition) is 1. The van der Waals surface area contributed by atoms with Crippen LogP contribution in [0, 0.1) is 0 Å². The third kappa shape index (κ3) is 4.10. The summed E-state index contributed by atoms with van der Waals surface area (Å²) in [6, 6.07) is 5.71. The van der Waals surface area contributed by atoms with Gasteiger partial charge in [-0.3, -0.25) is 0 Å². The maximum Gasteiger partial charge on any atom is 0.129 e. The highest BCUT2D eigenvalue weighted by Crippen LogP contribution is 2.23. The molecule has 0 radical (unpaired) electrons. The van der Waals surface area contributed by atoms with E-state index in [1.807, 2.05) is 18.2 Å². The predicted octanol–water partition coefficient (Wildman–Crippen LogP) is 3.65. The number of ether oxygens (including phenoxy) is 1. The Morgan fingerprint density at radius 1 is 1.44 bits per heavy atom. The van der Waals surface area contributed by atoms with Crippen molar-refractivity contribution in [3.05, 3.63) is 28.2 Å². The quantitative estimate of drug-likeness (QED) is 0.643. The molecule has 0 heterocycles. The van der Waals surface area contributed by atoms with E-state index in [0.717, 1.165) is 22.2 Å². The van der Waals surface area contributed by atoms with Crippen molar-refractivity contribution in [1.29, 1.82) is 0 Å². The molecule has 0 saturated carbocycles. The number of rotatable bonds is 6. The first-order valence-corrected chi connectivity index (χ1v) is 6.57. The maximum absolute atomic E-state index is 5.67. The lowest BCUT2D eigenvalue weighted by Gasteiger charge is -2.10. The standard InChI is InChI=1S/C12H16BrNOS/c1-2-3-4-7-15-11-6-5-9(13)8-10(11)12(14)16/h5-6,8H,2-4,7H2,1H3,(H2,14,16). The van der Waals surface area contributed by atoms with Crippen molar-refractivity contribution in [3.63, 3.8) is 0 Å². The number of hydrogen-bond acceptors (Lipinski definition) is 2. The van der Waals surface area contributed by atoms with Gasteiger partial charge in [-0.2, -0.15) is 0 Å². The van der Waals surface area contributed by atoms with E-state index in [1.165, 1.54) is 12.8 Å². The van der Waals surface area contributed by atoms with Crippen LogP contribution in [0.2, 0.25) is 0 Å². The zero-order valence-corrected chi connectivity index (χ0v) is 11.7. The molecule has 2 nitrogen and oxygen atoms in total. The normalized spacial score (nSPS) is 10.1. The molecule has 16 heavy (non-hydrogen) atoms. The lowest BCUT2D eigenvalue weighted by Crippen LogP contribution is -2.12. The van der Waals surface area contributed by atoms with Crippen LogP contribution in [0.25, 0.3) is 0 Å². The first-order chi connectivity index (χ1) is 7.65. The molecular formula is C12H16BrNOS. The van der Waals surface area contributed by atoms with E-state index in [9.17, 15) is 0 Å². The molecule has 4 heteroatoms. The van der Waals surface area contributed by atoms with Gasteiger partial charge in [0.25, 0.3) is 0 Å². The van der Waals surface area contributed by atoms with E-state index in [-0.39, 0.29) is 0 Å². The van der Waals surface area contributed by atoms with Crippen molar-refractivity contribution in [2.45, 2.75) is 26.2 Å². The molecule has 0 aromatic heterocycles. The van der Waals surface area contributed by atoms with E-state index in [1.54, 1.807) is 0 Å². The summed E-state index contributed by atoms with van der Waals surface area (Å²) in [7, 11) is 0. The maximum atomic E-state index is 5.67. The minimum atomic E-state index is 0.367. The lowest BCUT2D eigenvalue weighted by molar-refractivity contribution is 0.306. The van der Waals surface area contributed by atoms with Crippen LogP contribution in [0.4, 0.5) is 0 Å². The largest absolute Gasteiger partial charge is 0.493 e. The molecule has 0 spiro atoms. The van der Waals surface area contributed by atoms with Gasteiger partial charge in [0.05, 0.1) is 12.2 Å². The van der Waals surface area contributed by atoms with Gasteiger partial charge in [0.1, 0.15) is 10.7 Å². The molecule has 1 aromatic rings. The zero-order chi connectivity index (χ0) is 12.0. The van der Waals surface area contributed by atoms with Crippen LogP contribution >= 0.6 is 28.1 Å². The van der Waals surface area contributed by atoms with E-state index in [2.05, 4.69) is 22.9 Å². The molecule has 0 aliphatic rings. The fourth-order valence-electron chi connectivity index (χ4n) is 1.35. The lowest BCUT2D eigenvalue weighted by atomic mass is 10.2. The van der Waals surface area contributed by atoms with Gasteiger partial charge in [-0.1, -0.05) is 47.9 Å². The molecule has 0 atom stereocenters. The van der Waals surface area contributed by atoms with Gasteiger partial charge < -0.3 is 10.5 Å². The van der Waals surface area contributed by atoms with Gasteiger partial charge in [0, 0.05) is 4.47 Å². The van der Waals surface area contributed by atoms with E-state index < -0.39 is 0 Å². The first-order valence-electron chi connectivity index (χ1n) is 5.37. The second-order valence-corrected chi connectivity index (χ2v) is 4.92. The van der Waals surface area contributed by atoms with Crippen molar-refractivity contribution < 1.29 is 4.74 Å². The second-order valence-electron chi connectivity index (χ2n) is 3.56. The van der Waals surface area contributed by atoms with Gasteiger partial charge in [-0.25, -0.2) is 0 Å². The molecule has 0 aliphatic carbocycles. The average molecular weight is 302 g/mol. The highest BCUT2D eigenvalue weighted by molar-refractivity contribution is 9.10. The van der Waals surface area contributed by atoms with Crippen molar-refractivity contribution in [2.75, 3.05) is 6.61 Å². The van der Waals surface area contributed by atoms with Crippen LogP contribution in [0.3, 0.4) is 0 Å². The summed E-state index contributed by atoms with van der Waals surface area (Å²) in [5, 5.41) is 0. The SMILES string of the molecule is CCCCCOc1ccc(Br)cc1C(N)=S. The van der Waals surface area contributed by atoms with Gasteiger partial charge in [0.2, 0.25) is 0 Å². The molecule has 0 amide bonds. The van der Waals surface area contributed by atoms with Gasteiger partial charge >= 0.3 is 0 Å². The summed E-state index contributed by atoms with van der Waals surface area (Å²) < 4.78 is 6.62. The Kier molecular flexibility index (Phi) is 5.77. The molecule has 2 N–H and O–H groups in total. The Hall–Kier alpha value is -0.610. The summed E-state index contributed by atoms with van der Waals surface area (Å²) in [5.41, 5.74) is 6.44. The Labute approximate surface area is 110 Å². The number of halogens is 1. The third-order valence-corrected chi connectivity index (χ3v) is 2.93. The van der Waals surface area contributed by atoms with Crippen molar-refractivity contribution in [1.82, 2.24) is 0 Å². The van der Waals surface area contributed by atoms with Crippen LogP contribution in [-0.4, -0.2) is 11.6 Å². The molecule has 0 saturated heterocycles. The molecule has 1 rings (SSSR count). The molecule has 0 unspecified atom stereocenters. The Morgan fingerprint density at radius 3 is 2.81 bits per heavy atom. The smallest absolute Gasteiger partial charge is 0.129 e. The minimum Gasteiger partial charge on any atom is -0.493 e. The Morgan fingerprint density at radius 2 is 2.19 bits per heavy atom. The number of unbranched alkanes of at least 4 members (excludes halogenated alkanes) is 2. The molecular weight excluding hydrogens is 286 g/mol. The van der Waals surface area contributed by atoms with Crippen molar-refractivity contribution in [3.8, 4) is 5.75 Å². The first kappa shape index (κ1) is 13.5. The van der Waals surface area contributed by atoms with Gasteiger partial charge in [0.15, 0.2) is 0 Å². The number of benzene rings is 1. The summed E-state index contributed by atoms with van der Waals surface area (Å²) in [4.78, 5) is 0.367. The fourth-order valence-corrected chi connectivity index (χ4v) is 1.88. The summed E-state index contributed by atoms with van der Waals surface area (Å²) in [6.45, 7) is 2.88.